The summed E-state index contributed by atoms with van der Waals surface area (Å²) in [6.07, 6.45) is 2.80. The van der Waals surface area contributed by atoms with Crippen molar-refractivity contribution >= 4 is 15.9 Å². The Morgan fingerprint density at radius 3 is 2.68 bits per heavy atom. The lowest BCUT2D eigenvalue weighted by Crippen LogP contribution is -2.24. The van der Waals surface area contributed by atoms with Gasteiger partial charge in [-0.25, -0.2) is 0 Å². The molecule has 1 N–H and O–H groups in total. The Labute approximate surface area is 123 Å². The first-order chi connectivity index (χ1) is 9.22. The van der Waals surface area contributed by atoms with E-state index in [2.05, 4.69) is 64.3 Å². The van der Waals surface area contributed by atoms with Gasteiger partial charge in [-0.3, -0.25) is 4.98 Å². The summed E-state index contributed by atoms with van der Waals surface area (Å²) in [4.78, 5) is 4.51. The molecular formula is C16H19BrN2. The molecule has 0 bridgehead atoms. The largest absolute Gasteiger partial charge is 0.309 e. The number of hydrogen-bond acceptors (Lipinski definition) is 2. The molecule has 1 unspecified atom stereocenters. The Balaban J connectivity index is 2.27. The molecule has 0 amide bonds. The summed E-state index contributed by atoms with van der Waals surface area (Å²) in [7, 11) is 0. The zero-order valence-corrected chi connectivity index (χ0v) is 12.9. The summed E-state index contributed by atoms with van der Waals surface area (Å²) >= 11 is 3.60. The average Bonchev–Trinajstić information content (AvgIpc) is 2.41. The molecule has 0 spiro atoms. The van der Waals surface area contributed by atoms with Gasteiger partial charge in [-0.2, -0.15) is 0 Å². The molecule has 1 heterocycles. The topological polar surface area (TPSA) is 24.9 Å². The van der Waals surface area contributed by atoms with Crippen molar-refractivity contribution in [1.29, 1.82) is 0 Å². The van der Waals surface area contributed by atoms with Gasteiger partial charge in [0, 0.05) is 10.7 Å². The van der Waals surface area contributed by atoms with E-state index in [9.17, 15) is 0 Å². The maximum absolute atomic E-state index is 4.51. The fraction of sp³-hybridized carbons (Fsp3) is 0.312. The highest BCUT2D eigenvalue weighted by atomic mass is 79.9. The molecule has 0 saturated heterocycles. The second-order valence-electron chi connectivity index (χ2n) is 4.61. The van der Waals surface area contributed by atoms with E-state index in [-0.39, 0.29) is 6.04 Å². The Kier molecular flexibility index (Phi) is 5.11. The fourth-order valence-electron chi connectivity index (χ4n) is 2.23. The van der Waals surface area contributed by atoms with Crippen LogP contribution in [0.4, 0.5) is 0 Å². The Bertz CT molecular complexity index is 540. The third kappa shape index (κ3) is 3.64. The molecule has 1 aromatic heterocycles. The predicted octanol–water partition coefficient (Wildman–Crippen LogP) is 4.05. The highest BCUT2D eigenvalue weighted by molar-refractivity contribution is 9.10. The van der Waals surface area contributed by atoms with Gasteiger partial charge in [0.1, 0.15) is 0 Å². The number of hydrogen-bond donors (Lipinski definition) is 1. The van der Waals surface area contributed by atoms with Crippen LogP contribution in [0.15, 0.2) is 47.1 Å². The van der Waals surface area contributed by atoms with E-state index in [4.69, 9.17) is 0 Å². The van der Waals surface area contributed by atoms with Crippen LogP contribution in [0.25, 0.3) is 0 Å². The molecular weight excluding hydrogens is 300 g/mol. The molecule has 2 rings (SSSR count). The zero-order chi connectivity index (χ0) is 13.7. The lowest BCUT2D eigenvalue weighted by Gasteiger charge is -2.19. The third-order valence-electron chi connectivity index (χ3n) is 3.25. The van der Waals surface area contributed by atoms with Gasteiger partial charge in [0.05, 0.1) is 11.7 Å². The van der Waals surface area contributed by atoms with Crippen molar-refractivity contribution in [3.8, 4) is 0 Å². The second-order valence-corrected chi connectivity index (χ2v) is 5.47. The summed E-state index contributed by atoms with van der Waals surface area (Å²) in [6, 6.07) is 12.8. The van der Waals surface area contributed by atoms with Crippen LogP contribution in [0.2, 0.25) is 0 Å². The van der Waals surface area contributed by atoms with Gasteiger partial charge in [-0.15, -0.1) is 0 Å². The highest BCUT2D eigenvalue weighted by Crippen LogP contribution is 2.24. The molecule has 0 radical (unpaired) electrons. The van der Waals surface area contributed by atoms with Gasteiger partial charge in [0.2, 0.25) is 0 Å². The lowest BCUT2D eigenvalue weighted by atomic mass is 9.99. The Morgan fingerprint density at radius 2 is 2.00 bits per heavy atom. The number of halogens is 1. The van der Waals surface area contributed by atoms with Crippen molar-refractivity contribution in [2.24, 2.45) is 0 Å². The van der Waals surface area contributed by atoms with E-state index in [1.807, 2.05) is 18.3 Å². The van der Waals surface area contributed by atoms with E-state index in [0.29, 0.717) is 0 Å². The van der Waals surface area contributed by atoms with Gasteiger partial charge in [-0.05, 0) is 59.1 Å². The van der Waals surface area contributed by atoms with E-state index < -0.39 is 0 Å². The maximum atomic E-state index is 4.51. The summed E-state index contributed by atoms with van der Waals surface area (Å²) in [5.41, 5.74) is 3.77. The van der Waals surface area contributed by atoms with Crippen LogP contribution in [-0.2, 0) is 6.42 Å². The number of nitrogens with zero attached hydrogens (tertiary/aromatic N) is 1. The number of likely N-dealkylation sites (N-methyl/N-ethyl adjacent to an activating group) is 1. The molecule has 1 atom stereocenters. The zero-order valence-electron chi connectivity index (χ0n) is 11.4. The first-order valence-corrected chi connectivity index (χ1v) is 7.40. The molecule has 0 saturated carbocycles. The van der Waals surface area contributed by atoms with Crippen LogP contribution in [0.5, 0.6) is 0 Å². The number of benzene rings is 1. The Morgan fingerprint density at radius 1 is 1.21 bits per heavy atom. The molecule has 2 aromatic rings. The molecule has 100 valence electrons. The Hall–Kier alpha value is -1.19. The van der Waals surface area contributed by atoms with Crippen LogP contribution in [0, 0.1) is 6.92 Å². The summed E-state index contributed by atoms with van der Waals surface area (Å²) in [5, 5.41) is 3.52. The fourth-order valence-corrected chi connectivity index (χ4v) is 2.76. The standard InChI is InChI=1S/C16H19BrN2/c1-3-18-15(16-14(17)9-6-10-19-16)11-13-8-5-4-7-12(13)2/h4-10,15,18H,3,11H2,1-2H3. The molecule has 0 aliphatic carbocycles. The third-order valence-corrected chi connectivity index (χ3v) is 3.92. The van der Waals surface area contributed by atoms with E-state index in [1.165, 1.54) is 11.1 Å². The minimum atomic E-state index is 0.238. The average molecular weight is 319 g/mol. The van der Waals surface area contributed by atoms with Gasteiger partial charge < -0.3 is 5.32 Å². The van der Waals surface area contributed by atoms with Crippen molar-refractivity contribution in [3.05, 3.63) is 63.9 Å². The maximum Gasteiger partial charge on any atom is 0.0718 e. The molecule has 1 aromatic carbocycles. The van der Waals surface area contributed by atoms with Crippen molar-refractivity contribution in [2.45, 2.75) is 26.3 Å². The number of aryl methyl sites for hydroxylation is 1. The summed E-state index contributed by atoms with van der Waals surface area (Å²) < 4.78 is 1.06. The molecule has 0 aliphatic heterocycles. The normalized spacial score (nSPS) is 12.4. The SMILES string of the molecule is CCNC(Cc1ccccc1C)c1ncccc1Br. The first-order valence-electron chi connectivity index (χ1n) is 6.60. The first kappa shape index (κ1) is 14.2. The summed E-state index contributed by atoms with van der Waals surface area (Å²) in [6.45, 7) is 5.22. The molecule has 0 aliphatic rings. The second kappa shape index (κ2) is 6.83. The van der Waals surface area contributed by atoms with Crippen LogP contribution in [0.3, 0.4) is 0 Å². The molecule has 2 nitrogen and oxygen atoms in total. The predicted molar refractivity (Wildman–Crippen MR) is 83.2 cm³/mol. The van der Waals surface area contributed by atoms with E-state index in [0.717, 1.165) is 23.1 Å². The number of nitrogens with one attached hydrogen (secondary N) is 1. The number of pyridine rings is 1. The minimum absolute atomic E-state index is 0.238. The van der Waals surface area contributed by atoms with Gasteiger partial charge in [-0.1, -0.05) is 31.2 Å². The number of aromatic nitrogens is 1. The molecule has 19 heavy (non-hydrogen) atoms. The smallest absolute Gasteiger partial charge is 0.0718 e. The van der Waals surface area contributed by atoms with Crippen molar-refractivity contribution in [3.63, 3.8) is 0 Å². The van der Waals surface area contributed by atoms with Crippen molar-refractivity contribution < 1.29 is 0 Å². The van der Waals surface area contributed by atoms with Crippen LogP contribution >= 0.6 is 15.9 Å². The minimum Gasteiger partial charge on any atom is -0.309 e. The monoisotopic (exact) mass is 318 g/mol. The van der Waals surface area contributed by atoms with E-state index >= 15 is 0 Å². The van der Waals surface area contributed by atoms with Gasteiger partial charge >= 0.3 is 0 Å². The quantitative estimate of drug-likeness (QED) is 0.899. The van der Waals surface area contributed by atoms with Crippen LogP contribution in [-0.4, -0.2) is 11.5 Å². The summed E-state index contributed by atoms with van der Waals surface area (Å²) in [5.74, 6) is 0. The van der Waals surface area contributed by atoms with Crippen molar-refractivity contribution in [1.82, 2.24) is 10.3 Å². The van der Waals surface area contributed by atoms with Gasteiger partial charge in [0.25, 0.3) is 0 Å². The van der Waals surface area contributed by atoms with Crippen molar-refractivity contribution in [2.75, 3.05) is 6.54 Å². The number of rotatable bonds is 5. The van der Waals surface area contributed by atoms with Crippen LogP contribution < -0.4 is 5.32 Å². The van der Waals surface area contributed by atoms with E-state index in [1.54, 1.807) is 0 Å². The molecule has 0 fully saturated rings. The highest BCUT2D eigenvalue weighted by Gasteiger charge is 2.16. The van der Waals surface area contributed by atoms with Gasteiger partial charge in [0.15, 0.2) is 0 Å². The van der Waals surface area contributed by atoms with Crippen LogP contribution in [0.1, 0.15) is 29.8 Å². The lowest BCUT2D eigenvalue weighted by molar-refractivity contribution is 0.533. The molecule has 3 heteroatoms.